The number of carbonyl (C=O) groups is 1. The number of aromatic nitrogens is 2. The van der Waals surface area contributed by atoms with Crippen molar-refractivity contribution in [2.75, 3.05) is 6.54 Å². The molecule has 3 heterocycles. The van der Waals surface area contributed by atoms with Crippen molar-refractivity contribution in [1.29, 1.82) is 0 Å². The zero-order valence-corrected chi connectivity index (χ0v) is 18.2. The second-order valence-electron chi connectivity index (χ2n) is 7.94. The van der Waals surface area contributed by atoms with E-state index in [-0.39, 0.29) is 5.91 Å². The molecule has 0 aliphatic carbocycles. The van der Waals surface area contributed by atoms with Crippen molar-refractivity contribution in [3.05, 3.63) is 100 Å². The smallest absolute Gasteiger partial charge is 0.253 e. The third-order valence-corrected chi connectivity index (χ3v) is 5.92. The number of carbonyl (C=O) groups excluding carboxylic acids is 1. The highest BCUT2D eigenvalue weighted by Gasteiger charge is 2.20. The highest BCUT2D eigenvalue weighted by molar-refractivity contribution is 6.30. The molecule has 160 valence electrons. The Labute approximate surface area is 191 Å². The molecule has 2 aromatic carbocycles. The van der Waals surface area contributed by atoms with Crippen LogP contribution in [0.2, 0.25) is 5.02 Å². The number of fused-ring (bicyclic) bond motifs is 1. The van der Waals surface area contributed by atoms with Crippen LogP contribution in [0.4, 0.5) is 0 Å². The van der Waals surface area contributed by atoms with Gasteiger partial charge in [0.15, 0.2) is 0 Å². The maximum absolute atomic E-state index is 12.1. The molecule has 0 saturated carbocycles. The van der Waals surface area contributed by atoms with Gasteiger partial charge in [0.25, 0.3) is 5.91 Å². The van der Waals surface area contributed by atoms with Crippen molar-refractivity contribution in [2.45, 2.75) is 19.5 Å². The number of rotatable bonds is 6. The summed E-state index contributed by atoms with van der Waals surface area (Å²) in [6.07, 6.45) is 2.64. The van der Waals surface area contributed by atoms with Crippen molar-refractivity contribution in [2.24, 2.45) is 0 Å². The normalized spacial score (nSPS) is 13.0. The first-order valence-corrected chi connectivity index (χ1v) is 11.0. The molecule has 32 heavy (non-hydrogen) atoms. The predicted molar refractivity (Wildman–Crippen MR) is 127 cm³/mol. The second-order valence-corrected chi connectivity index (χ2v) is 8.38. The zero-order chi connectivity index (χ0) is 21.9. The van der Waals surface area contributed by atoms with Gasteiger partial charge in [0.1, 0.15) is 0 Å². The quantitative estimate of drug-likeness (QED) is 0.394. The van der Waals surface area contributed by atoms with Crippen molar-refractivity contribution in [3.8, 4) is 22.5 Å². The number of aromatic amines is 1. The van der Waals surface area contributed by atoms with Crippen LogP contribution in [0.1, 0.15) is 27.2 Å². The Kier molecular flexibility index (Phi) is 5.75. The Morgan fingerprint density at radius 2 is 1.78 bits per heavy atom. The summed E-state index contributed by atoms with van der Waals surface area (Å²) in [7, 11) is 0. The van der Waals surface area contributed by atoms with E-state index < -0.39 is 0 Å². The molecule has 1 amide bonds. The fourth-order valence-electron chi connectivity index (χ4n) is 4.00. The topological polar surface area (TPSA) is 69.8 Å². The lowest BCUT2D eigenvalue weighted by Gasteiger charge is -2.11. The molecule has 5 nitrogen and oxygen atoms in total. The third kappa shape index (κ3) is 4.44. The summed E-state index contributed by atoms with van der Waals surface area (Å²) in [5.74, 6) is -0.0122. The predicted octanol–water partition coefficient (Wildman–Crippen LogP) is 4.97. The van der Waals surface area contributed by atoms with Gasteiger partial charge in [-0.2, -0.15) is 0 Å². The Morgan fingerprint density at radius 3 is 2.62 bits per heavy atom. The lowest BCUT2D eigenvalue weighted by molar-refractivity contribution is 0.0946. The van der Waals surface area contributed by atoms with Gasteiger partial charge < -0.3 is 15.6 Å². The third-order valence-electron chi connectivity index (χ3n) is 5.67. The molecule has 1 aliphatic rings. The molecule has 1 aliphatic heterocycles. The van der Waals surface area contributed by atoms with E-state index in [0.717, 1.165) is 58.3 Å². The Bertz CT molecular complexity index is 1260. The monoisotopic (exact) mass is 442 g/mol. The minimum Gasteiger partial charge on any atom is -0.358 e. The van der Waals surface area contributed by atoms with Crippen LogP contribution in [0.25, 0.3) is 22.5 Å². The Balaban J connectivity index is 1.32. The summed E-state index contributed by atoms with van der Waals surface area (Å²) < 4.78 is 0. The first-order chi connectivity index (χ1) is 15.7. The van der Waals surface area contributed by atoms with Gasteiger partial charge in [-0.15, -0.1) is 0 Å². The van der Waals surface area contributed by atoms with Gasteiger partial charge in [-0.25, -0.2) is 0 Å². The minimum absolute atomic E-state index is 0.0122. The molecule has 0 atom stereocenters. The summed E-state index contributed by atoms with van der Waals surface area (Å²) in [4.78, 5) is 20.1. The van der Waals surface area contributed by atoms with E-state index in [4.69, 9.17) is 11.6 Å². The Morgan fingerprint density at radius 1 is 0.938 bits per heavy atom. The number of nitrogens with zero attached hydrogens (tertiary/aromatic N) is 1. The zero-order valence-electron chi connectivity index (χ0n) is 17.5. The van der Waals surface area contributed by atoms with Gasteiger partial charge in [-0.3, -0.25) is 9.78 Å². The molecule has 6 heteroatoms. The van der Waals surface area contributed by atoms with Gasteiger partial charge in [-0.05, 0) is 47.5 Å². The standard InChI is InChI=1S/C26H23ClN4O/c27-21-6-4-17(5-7-21)15-28-16-18-2-1-3-19(12-18)24-13-20(8-10-29-24)25-14-22-23(31-25)9-11-30-26(22)32/h1-8,10,12-14,28,31H,9,11,15-16H2,(H,30,32). The van der Waals surface area contributed by atoms with E-state index in [1.165, 1.54) is 11.1 Å². The van der Waals surface area contributed by atoms with E-state index in [9.17, 15) is 4.79 Å². The van der Waals surface area contributed by atoms with Crippen LogP contribution in [0.15, 0.2) is 72.9 Å². The van der Waals surface area contributed by atoms with Crippen LogP contribution in [0, 0.1) is 0 Å². The van der Waals surface area contributed by atoms with Crippen LogP contribution in [0.3, 0.4) is 0 Å². The van der Waals surface area contributed by atoms with Gasteiger partial charge in [0.2, 0.25) is 0 Å². The molecule has 3 N–H and O–H groups in total. The van der Waals surface area contributed by atoms with Crippen molar-refractivity contribution >= 4 is 17.5 Å². The molecule has 4 aromatic rings. The largest absolute Gasteiger partial charge is 0.358 e. The van der Waals surface area contributed by atoms with Crippen LogP contribution >= 0.6 is 11.6 Å². The van der Waals surface area contributed by atoms with E-state index in [1.54, 1.807) is 0 Å². The summed E-state index contributed by atoms with van der Waals surface area (Å²) in [6.45, 7) is 2.21. The lowest BCUT2D eigenvalue weighted by atomic mass is 10.0. The van der Waals surface area contributed by atoms with E-state index in [2.05, 4.69) is 50.9 Å². The number of halogens is 1. The number of nitrogens with one attached hydrogen (secondary N) is 3. The summed E-state index contributed by atoms with van der Waals surface area (Å²) >= 11 is 5.95. The SMILES string of the molecule is O=C1NCCc2[nH]c(-c3ccnc(-c4cccc(CNCc5ccc(Cl)cc5)c4)c3)cc21. The number of benzene rings is 2. The fourth-order valence-corrected chi connectivity index (χ4v) is 4.12. The van der Waals surface area contributed by atoms with Gasteiger partial charge in [-0.1, -0.05) is 41.9 Å². The van der Waals surface area contributed by atoms with Crippen LogP contribution in [-0.2, 0) is 19.5 Å². The van der Waals surface area contributed by atoms with Crippen LogP contribution in [0.5, 0.6) is 0 Å². The minimum atomic E-state index is -0.0122. The van der Waals surface area contributed by atoms with Crippen molar-refractivity contribution in [3.63, 3.8) is 0 Å². The average molecular weight is 443 g/mol. The second kappa shape index (κ2) is 8.99. The summed E-state index contributed by atoms with van der Waals surface area (Å²) in [6, 6.07) is 22.2. The molecule has 0 unspecified atom stereocenters. The molecule has 0 bridgehead atoms. The molecule has 0 radical (unpaired) electrons. The molecular weight excluding hydrogens is 420 g/mol. The van der Waals surface area contributed by atoms with E-state index in [0.29, 0.717) is 6.54 Å². The first-order valence-electron chi connectivity index (χ1n) is 10.7. The number of amides is 1. The van der Waals surface area contributed by atoms with Crippen LogP contribution in [-0.4, -0.2) is 22.4 Å². The highest BCUT2D eigenvalue weighted by Crippen LogP contribution is 2.27. The first kappa shape index (κ1) is 20.5. The average Bonchev–Trinajstić information content (AvgIpc) is 3.27. The maximum atomic E-state index is 12.1. The van der Waals surface area contributed by atoms with Crippen molar-refractivity contribution in [1.82, 2.24) is 20.6 Å². The van der Waals surface area contributed by atoms with Crippen LogP contribution < -0.4 is 10.6 Å². The number of hydrogen-bond donors (Lipinski definition) is 3. The van der Waals surface area contributed by atoms with Gasteiger partial charge >= 0.3 is 0 Å². The summed E-state index contributed by atoms with van der Waals surface area (Å²) in [5, 5.41) is 7.12. The molecule has 5 rings (SSSR count). The molecule has 0 fully saturated rings. The maximum Gasteiger partial charge on any atom is 0.253 e. The molecule has 2 aromatic heterocycles. The Hall–Kier alpha value is -3.41. The highest BCUT2D eigenvalue weighted by atomic mass is 35.5. The molecule has 0 saturated heterocycles. The van der Waals surface area contributed by atoms with Crippen molar-refractivity contribution < 1.29 is 4.79 Å². The fraction of sp³-hybridized carbons (Fsp3) is 0.154. The van der Waals surface area contributed by atoms with Gasteiger partial charge in [0.05, 0.1) is 11.3 Å². The van der Waals surface area contributed by atoms with E-state index >= 15 is 0 Å². The van der Waals surface area contributed by atoms with E-state index in [1.807, 2.05) is 42.6 Å². The lowest BCUT2D eigenvalue weighted by Crippen LogP contribution is -2.31. The summed E-state index contributed by atoms with van der Waals surface area (Å²) in [5.41, 5.74) is 8.04. The number of hydrogen-bond acceptors (Lipinski definition) is 3. The van der Waals surface area contributed by atoms with Gasteiger partial charge in [0, 0.05) is 59.8 Å². The molecular formula is C26H23ClN4O. The number of pyridine rings is 1. The molecule has 0 spiro atoms. The number of H-pyrrole nitrogens is 1.